The van der Waals surface area contributed by atoms with Crippen LogP contribution in [-0.2, 0) is 16.6 Å². The van der Waals surface area contributed by atoms with E-state index in [4.69, 9.17) is 5.11 Å². The molecule has 5 nitrogen and oxygen atoms in total. The Balaban J connectivity index is 2.09. The molecule has 0 amide bonds. The van der Waals surface area contributed by atoms with E-state index >= 15 is 0 Å². The molecule has 1 aromatic rings. The molecule has 1 aliphatic heterocycles. The number of nitrogens with zero attached hydrogens (tertiary/aromatic N) is 2. The summed E-state index contributed by atoms with van der Waals surface area (Å²) in [5, 5.41) is 9.05. The maximum atomic E-state index is 12.5. The Morgan fingerprint density at radius 3 is 2.85 bits per heavy atom. The van der Waals surface area contributed by atoms with Gasteiger partial charge in [0.15, 0.2) is 0 Å². The smallest absolute Gasteiger partial charge is 0.252 e. The lowest BCUT2D eigenvalue weighted by Crippen LogP contribution is -2.40. The molecular formula is C13H22N2O3S2. The molecule has 2 heterocycles. The van der Waals surface area contributed by atoms with Crippen LogP contribution in [0.25, 0.3) is 0 Å². The second kappa shape index (κ2) is 6.53. The predicted octanol–water partition coefficient (Wildman–Crippen LogP) is 1.35. The first kappa shape index (κ1) is 15.9. The van der Waals surface area contributed by atoms with Crippen LogP contribution in [0, 0.1) is 0 Å². The average molecular weight is 318 g/mol. The zero-order valence-corrected chi connectivity index (χ0v) is 13.6. The molecule has 1 fully saturated rings. The summed E-state index contributed by atoms with van der Waals surface area (Å²) in [6.45, 7) is 4.55. The third-order valence-corrected chi connectivity index (χ3v) is 7.19. The van der Waals surface area contributed by atoms with Crippen molar-refractivity contribution in [3.63, 3.8) is 0 Å². The first-order chi connectivity index (χ1) is 9.48. The van der Waals surface area contributed by atoms with Crippen molar-refractivity contribution in [1.29, 1.82) is 0 Å². The molecule has 0 saturated carbocycles. The molecule has 7 heteroatoms. The molecule has 1 aliphatic rings. The zero-order valence-electron chi connectivity index (χ0n) is 11.9. The van der Waals surface area contributed by atoms with Gasteiger partial charge in [0, 0.05) is 24.5 Å². The van der Waals surface area contributed by atoms with Gasteiger partial charge in [-0.05, 0) is 38.1 Å². The molecule has 0 aromatic carbocycles. The van der Waals surface area contributed by atoms with E-state index in [-0.39, 0.29) is 6.61 Å². The standard InChI is InChI=1S/C13H22N2O3S2/c1-3-15-8-4-5-11(15)9-14(2)20(17,18)13-7-6-12(10-16)19-13/h6-7,11,16H,3-5,8-10H2,1-2H3. The molecule has 2 rings (SSSR count). The summed E-state index contributed by atoms with van der Waals surface area (Å²) in [6.07, 6.45) is 2.19. The first-order valence-corrected chi connectivity index (χ1v) is 9.14. The molecule has 20 heavy (non-hydrogen) atoms. The number of hydrogen-bond acceptors (Lipinski definition) is 5. The minimum absolute atomic E-state index is 0.115. The van der Waals surface area contributed by atoms with Gasteiger partial charge < -0.3 is 5.11 Å². The minimum atomic E-state index is -3.43. The fourth-order valence-electron chi connectivity index (χ4n) is 2.65. The van der Waals surface area contributed by atoms with Gasteiger partial charge in [0.1, 0.15) is 4.21 Å². The van der Waals surface area contributed by atoms with Crippen LogP contribution in [-0.4, -0.2) is 55.5 Å². The van der Waals surface area contributed by atoms with Gasteiger partial charge in [-0.3, -0.25) is 4.90 Å². The van der Waals surface area contributed by atoms with E-state index in [0.717, 1.165) is 37.3 Å². The summed E-state index contributed by atoms with van der Waals surface area (Å²) in [7, 11) is -1.79. The molecule has 1 atom stereocenters. The number of thiophene rings is 1. The van der Waals surface area contributed by atoms with Crippen molar-refractivity contribution in [2.75, 3.05) is 26.7 Å². The van der Waals surface area contributed by atoms with Gasteiger partial charge in [-0.25, -0.2) is 8.42 Å². The first-order valence-electron chi connectivity index (χ1n) is 6.89. The fourth-order valence-corrected chi connectivity index (χ4v) is 5.28. The SMILES string of the molecule is CCN1CCCC1CN(C)S(=O)(=O)c1ccc(CO)s1. The maximum absolute atomic E-state index is 12.5. The van der Waals surface area contributed by atoms with Crippen LogP contribution in [0.15, 0.2) is 16.3 Å². The summed E-state index contributed by atoms with van der Waals surface area (Å²) in [6, 6.07) is 3.56. The summed E-state index contributed by atoms with van der Waals surface area (Å²) < 4.78 is 26.7. The second-order valence-corrected chi connectivity index (χ2v) is 8.53. The molecule has 1 aromatic heterocycles. The van der Waals surface area contributed by atoms with Crippen LogP contribution >= 0.6 is 11.3 Å². The van der Waals surface area contributed by atoms with Crippen molar-refractivity contribution in [3.05, 3.63) is 17.0 Å². The maximum Gasteiger partial charge on any atom is 0.252 e. The molecule has 0 aliphatic carbocycles. The van der Waals surface area contributed by atoms with Gasteiger partial charge in [-0.15, -0.1) is 11.3 Å². The number of likely N-dealkylation sites (N-methyl/N-ethyl adjacent to an activating group) is 2. The van der Waals surface area contributed by atoms with E-state index in [1.54, 1.807) is 19.2 Å². The van der Waals surface area contributed by atoms with Gasteiger partial charge in [0.25, 0.3) is 10.0 Å². The van der Waals surface area contributed by atoms with Gasteiger partial charge >= 0.3 is 0 Å². The number of aliphatic hydroxyl groups excluding tert-OH is 1. The van der Waals surface area contributed by atoms with Crippen LogP contribution in [0.4, 0.5) is 0 Å². The molecule has 0 spiro atoms. The Kier molecular flexibility index (Phi) is 5.19. The van der Waals surface area contributed by atoms with Crippen molar-refractivity contribution in [2.45, 2.75) is 36.6 Å². The van der Waals surface area contributed by atoms with Crippen LogP contribution in [0.2, 0.25) is 0 Å². The Morgan fingerprint density at radius 2 is 2.25 bits per heavy atom. The highest BCUT2D eigenvalue weighted by molar-refractivity contribution is 7.91. The van der Waals surface area contributed by atoms with E-state index in [2.05, 4.69) is 11.8 Å². The number of likely N-dealkylation sites (tertiary alicyclic amines) is 1. The van der Waals surface area contributed by atoms with Crippen molar-refractivity contribution in [2.24, 2.45) is 0 Å². The lowest BCUT2D eigenvalue weighted by atomic mass is 10.2. The van der Waals surface area contributed by atoms with Gasteiger partial charge in [0.2, 0.25) is 0 Å². The predicted molar refractivity (Wildman–Crippen MR) is 80.3 cm³/mol. The lowest BCUT2D eigenvalue weighted by Gasteiger charge is -2.27. The van der Waals surface area contributed by atoms with E-state index < -0.39 is 10.0 Å². The molecule has 1 N–H and O–H groups in total. The Bertz CT molecular complexity index is 542. The lowest BCUT2D eigenvalue weighted by molar-refractivity contribution is 0.238. The number of sulfonamides is 1. The molecule has 1 unspecified atom stereocenters. The zero-order chi connectivity index (χ0) is 14.8. The van der Waals surface area contributed by atoms with Gasteiger partial charge in [-0.1, -0.05) is 6.92 Å². The third-order valence-electron chi connectivity index (χ3n) is 3.83. The molecule has 1 saturated heterocycles. The number of aliphatic hydroxyl groups is 1. The Hall–Kier alpha value is -0.470. The van der Waals surface area contributed by atoms with Crippen molar-refractivity contribution >= 4 is 21.4 Å². The van der Waals surface area contributed by atoms with Gasteiger partial charge in [-0.2, -0.15) is 4.31 Å². The largest absolute Gasteiger partial charge is 0.391 e. The van der Waals surface area contributed by atoms with Crippen LogP contribution in [0.5, 0.6) is 0 Å². The van der Waals surface area contributed by atoms with Crippen molar-refractivity contribution in [1.82, 2.24) is 9.21 Å². The van der Waals surface area contributed by atoms with E-state index in [0.29, 0.717) is 21.7 Å². The van der Waals surface area contributed by atoms with Crippen LogP contribution in [0.1, 0.15) is 24.6 Å². The fraction of sp³-hybridized carbons (Fsp3) is 0.692. The second-order valence-electron chi connectivity index (χ2n) is 5.09. The monoisotopic (exact) mass is 318 g/mol. The van der Waals surface area contributed by atoms with Crippen LogP contribution < -0.4 is 0 Å². The Labute approximate surface area is 124 Å². The Morgan fingerprint density at radius 1 is 1.50 bits per heavy atom. The highest BCUT2D eigenvalue weighted by atomic mass is 32.2. The summed E-state index contributed by atoms with van der Waals surface area (Å²) in [5.74, 6) is 0. The highest BCUT2D eigenvalue weighted by Crippen LogP contribution is 2.26. The quantitative estimate of drug-likeness (QED) is 0.860. The highest BCUT2D eigenvalue weighted by Gasteiger charge is 2.29. The minimum Gasteiger partial charge on any atom is -0.391 e. The normalized spacial score (nSPS) is 20.9. The number of rotatable bonds is 6. The third kappa shape index (κ3) is 3.23. The summed E-state index contributed by atoms with van der Waals surface area (Å²) in [5.41, 5.74) is 0. The number of hydrogen-bond donors (Lipinski definition) is 1. The molecular weight excluding hydrogens is 296 g/mol. The summed E-state index contributed by atoms with van der Waals surface area (Å²) >= 11 is 1.14. The topological polar surface area (TPSA) is 60.9 Å². The van der Waals surface area contributed by atoms with Gasteiger partial charge in [0.05, 0.1) is 6.61 Å². The van der Waals surface area contributed by atoms with E-state index in [9.17, 15) is 8.42 Å². The average Bonchev–Trinajstić information content (AvgIpc) is 3.07. The molecule has 114 valence electrons. The van der Waals surface area contributed by atoms with E-state index in [1.165, 1.54) is 4.31 Å². The molecule has 0 bridgehead atoms. The van der Waals surface area contributed by atoms with Crippen LogP contribution in [0.3, 0.4) is 0 Å². The van der Waals surface area contributed by atoms with Crippen molar-refractivity contribution in [3.8, 4) is 0 Å². The van der Waals surface area contributed by atoms with E-state index in [1.807, 2.05) is 0 Å². The summed E-state index contributed by atoms with van der Waals surface area (Å²) in [4.78, 5) is 3.01. The molecule has 0 radical (unpaired) electrons. The van der Waals surface area contributed by atoms with Crippen molar-refractivity contribution < 1.29 is 13.5 Å².